The number of hydrogen-bond acceptors (Lipinski definition) is 6. The van der Waals surface area contributed by atoms with E-state index in [1.54, 1.807) is 36.7 Å². The van der Waals surface area contributed by atoms with E-state index in [2.05, 4.69) is 36.4 Å². The van der Waals surface area contributed by atoms with Crippen LogP contribution in [0.15, 0.2) is 47.2 Å². The third kappa shape index (κ3) is 5.41. The first-order valence-corrected chi connectivity index (χ1v) is 9.98. The SMILES string of the molecule is CC(CCn1cnnc1-c1cccc(NC=O)n1)COc1ccc(Br)cc1C(=O)O. The minimum absolute atomic E-state index is 0.118. The minimum Gasteiger partial charge on any atom is -0.492 e. The van der Waals surface area contributed by atoms with Crippen LogP contribution in [0.2, 0.25) is 0 Å². The number of ether oxygens (including phenoxy) is 1. The maximum Gasteiger partial charge on any atom is 0.339 e. The fourth-order valence-electron chi connectivity index (χ4n) is 2.79. The third-order valence-electron chi connectivity index (χ3n) is 4.36. The Kier molecular flexibility index (Phi) is 7.12. The number of rotatable bonds is 10. The first-order chi connectivity index (χ1) is 14.5. The molecule has 1 atom stereocenters. The predicted molar refractivity (Wildman–Crippen MR) is 113 cm³/mol. The lowest BCUT2D eigenvalue weighted by atomic mass is 10.1. The number of hydrogen-bond donors (Lipinski definition) is 2. The molecule has 0 saturated heterocycles. The normalized spacial score (nSPS) is 11.7. The highest BCUT2D eigenvalue weighted by molar-refractivity contribution is 9.10. The molecule has 2 N–H and O–H groups in total. The van der Waals surface area contributed by atoms with Gasteiger partial charge in [0.15, 0.2) is 5.82 Å². The van der Waals surface area contributed by atoms with Gasteiger partial charge in [0, 0.05) is 11.0 Å². The number of carboxylic acids is 1. The van der Waals surface area contributed by atoms with Crippen molar-refractivity contribution in [2.75, 3.05) is 11.9 Å². The molecular formula is C20H20BrN5O4. The summed E-state index contributed by atoms with van der Waals surface area (Å²) >= 11 is 3.27. The Hall–Kier alpha value is -3.27. The number of aryl methyl sites for hydroxylation is 1. The van der Waals surface area contributed by atoms with E-state index in [0.29, 0.717) is 47.1 Å². The van der Waals surface area contributed by atoms with Gasteiger partial charge in [0.1, 0.15) is 29.2 Å². The molecule has 2 aromatic heterocycles. The van der Waals surface area contributed by atoms with Gasteiger partial charge in [0.25, 0.3) is 0 Å². The number of nitrogens with one attached hydrogen (secondary N) is 1. The molecule has 10 heteroatoms. The average Bonchev–Trinajstić information content (AvgIpc) is 3.20. The van der Waals surface area contributed by atoms with E-state index in [0.717, 1.165) is 6.42 Å². The molecule has 0 spiro atoms. The number of carbonyl (C=O) groups excluding carboxylic acids is 1. The van der Waals surface area contributed by atoms with E-state index in [1.807, 2.05) is 11.5 Å². The summed E-state index contributed by atoms with van der Waals surface area (Å²) in [7, 11) is 0. The van der Waals surface area contributed by atoms with Gasteiger partial charge >= 0.3 is 5.97 Å². The number of aromatic nitrogens is 4. The van der Waals surface area contributed by atoms with Crippen LogP contribution in [0.3, 0.4) is 0 Å². The lowest BCUT2D eigenvalue weighted by Gasteiger charge is -2.15. The number of aromatic carboxylic acids is 1. The Morgan fingerprint density at radius 3 is 2.97 bits per heavy atom. The van der Waals surface area contributed by atoms with Crippen LogP contribution in [0.25, 0.3) is 11.5 Å². The molecule has 0 aliphatic rings. The van der Waals surface area contributed by atoms with Crippen molar-refractivity contribution in [2.45, 2.75) is 19.9 Å². The number of carboxylic acid groups (broad SMARTS) is 1. The van der Waals surface area contributed by atoms with Crippen molar-refractivity contribution in [2.24, 2.45) is 5.92 Å². The quantitative estimate of drug-likeness (QED) is 0.432. The summed E-state index contributed by atoms with van der Waals surface area (Å²) in [6.07, 6.45) is 2.96. The Morgan fingerprint density at radius 1 is 1.37 bits per heavy atom. The van der Waals surface area contributed by atoms with Gasteiger partial charge in [-0.15, -0.1) is 10.2 Å². The van der Waals surface area contributed by atoms with E-state index in [-0.39, 0.29) is 11.5 Å². The lowest BCUT2D eigenvalue weighted by molar-refractivity contribution is -0.105. The summed E-state index contributed by atoms with van der Waals surface area (Å²) in [5.41, 5.74) is 0.719. The standard InChI is InChI=1S/C20H20BrN5O4/c1-13(10-30-17-6-5-14(21)9-15(17)20(28)29)7-8-26-11-23-25-19(26)16-3-2-4-18(24-16)22-12-27/h2-6,9,11-13H,7-8,10H2,1H3,(H,28,29)(H,22,24,27). The van der Waals surface area contributed by atoms with Crippen LogP contribution >= 0.6 is 15.9 Å². The highest BCUT2D eigenvalue weighted by Crippen LogP contribution is 2.24. The zero-order chi connectivity index (χ0) is 21.5. The second kappa shape index (κ2) is 9.97. The second-order valence-corrected chi connectivity index (χ2v) is 7.58. The van der Waals surface area contributed by atoms with Gasteiger partial charge in [-0.3, -0.25) is 4.79 Å². The van der Waals surface area contributed by atoms with E-state index in [9.17, 15) is 14.7 Å². The van der Waals surface area contributed by atoms with Crippen LogP contribution in [0.4, 0.5) is 5.82 Å². The molecule has 0 bridgehead atoms. The summed E-state index contributed by atoms with van der Waals surface area (Å²) < 4.78 is 8.31. The fraction of sp³-hybridized carbons (Fsp3) is 0.250. The van der Waals surface area contributed by atoms with Crippen molar-refractivity contribution in [3.8, 4) is 17.3 Å². The second-order valence-electron chi connectivity index (χ2n) is 6.67. The van der Waals surface area contributed by atoms with Crippen LogP contribution in [-0.2, 0) is 11.3 Å². The summed E-state index contributed by atoms with van der Waals surface area (Å²) in [6.45, 7) is 3.03. The lowest BCUT2D eigenvalue weighted by Crippen LogP contribution is -2.13. The number of anilines is 1. The maximum atomic E-state index is 11.4. The molecule has 0 aliphatic carbocycles. The molecular weight excluding hydrogens is 454 g/mol. The molecule has 0 aliphatic heterocycles. The Balaban J connectivity index is 1.61. The summed E-state index contributed by atoms with van der Waals surface area (Å²) in [6, 6.07) is 10.2. The molecule has 3 rings (SSSR count). The number of pyridine rings is 1. The van der Waals surface area contributed by atoms with Crippen molar-refractivity contribution in [1.82, 2.24) is 19.7 Å². The van der Waals surface area contributed by atoms with Crippen LogP contribution in [0.5, 0.6) is 5.75 Å². The maximum absolute atomic E-state index is 11.4. The van der Waals surface area contributed by atoms with Gasteiger partial charge < -0.3 is 19.7 Å². The Labute approximate surface area is 181 Å². The number of carbonyl (C=O) groups is 2. The first kappa shape index (κ1) is 21.4. The van der Waals surface area contributed by atoms with Gasteiger partial charge in [-0.1, -0.05) is 28.9 Å². The highest BCUT2D eigenvalue weighted by Gasteiger charge is 2.14. The van der Waals surface area contributed by atoms with Gasteiger partial charge in [-0.25, -0.2) is 9.78 Å². The summed E-state index contributed by atoms with van der Waals surface area (Å²) in [4.78, 5) is 26.4. The third-order valence-corrected chi connectivity index (χ3v) is 4.85. The number of nitrogens with zero attached hydrogens (tertiary/aromatic N) is 4. The van der Waals surface area contributed by atoms with Crippen LogP contribution < -0.4 is 10.1 Å². The molecule has 1 aromatic carbocycles. The molecule has 0 fully saturated rings. The van der Waals surface area contributed by atoms with Crippen molar-refractivity contribution < 1.29 is 19.4 Å². The molecule has 1 amide bonds. The van der Waals surface area contributed by atoms with Gasteiger partial charge in [0.2, 0.25) is 6.41 Å². The number of benzene rings is 1. The molecule has 0 saturated carbocycles. The largest absolute Gasteiger partial charge is 0.492 e. The van der Waals surface area contributed by atoms with E-state index in [1.165, 1.54) is 6.07 Å². The van der Waals surface area contributed by atoms with Gasteiger partial charge in [0.05, 0.1) is 6.61 Å². The Morgan fingerprint density at radius 2 is 2.20 bits per heavy atom. The van der Waals surface area contributed by atoms with Crippen molar-refractivity contribution in [3.63, 3.8) is 0 Å². The van der Waals surface area contributed by atoms with E-state index < -0.39 is 5.97 Å². The average molecular weight is 474 g/mol. The fourth-order valence-corrected chi connectivity index (χ4v) is 3.15. The first-order valence-electron chi connectivity index (χ1n) is 9.19. The molecule has 9 nitrogen and oxygen atoms in total. The van der Waals surface area contributed by atoms with Gasteiger partial charge in [-0.05, 0) is 42.7 Å². The minimum atomic E-state index is -1.04. The van der Waals surface area contributed by atoms with Crippen molar-refractivity contribution in [1.29, 1.82) is 0 Å². The summed E-state index contributed by atoms with van der Waals surface area (Å²) in [5, 5.41) is 19.9. The van der Waals surface area contributed by atoms with Crippen LogP contribution in [0.1, 0.15) is 23.7 Å². The molecule has 0 radical (unpaired) electrons. The molecule has 3 aromatic rings. The predicted octanol–water partition coefficient (Wildman–Crippen LogP) is 3.47. The highest BCUT2D eigenvalue weighted by atomic mass is 79.9. The molecule has 30 heavy (non-hydrogen) atoms. The van der Waals surface area contributed by atoms with Crippen LogP contribution in [-0.4, -0.2) is 43.8 Å². The Bertz CT molecular complexity index is 1040. The van der Waals surface area contributed by atoms with Crippen molar-refractivity contribution >= 4 is 34.1 Å². The van der Waals surface area contributed by atoms with E-state index >= 15 is 0 Å². The van der Waals surface area contributed by atoms with E-state index in [4.69, 9.17) is 4.74 Å². The van der Waals surface area contributed by atoms with Crippen LogP contribution in [0, 0.1) is 5.92 Å². The molecule has 156 valence electrons. The monoisotopic (exact) mass is 473 g/mol. The number of amides is 1. The zero-order valence-electron chi connectivity index (χ0n) is 16.2. The summed E-state index contributed by atoms with van der Waals surface area (Å²) in [5.74, 6) is 0.487. The van der Waals surface area contributed by atoms with Gasteiger partial charge in [-0.2, -0.15) is 0 Å². The number of halogens is 1. The topological polar surface area (TPSA) is 119 Å². The molecule has 2 heterocycles. The van der Waals surface area contributed by atoms with Crippen molar-refractivity contribution in [3.05, 3.63) is 52.8 Å². The smallest absolute Gasteiger partial charge is 0.339 e. The molecule has 1 unspecified atom stereocenters. The zero-order valence-corrected chi connectivity index (χ0v) is 17.7.